The molecule has 1 unspecified atom stereocenters. The van der Waals surface area contributed by atoms with E-state index in [4.69, 9.17) is 19.2 Å². The number of benzene rings is 1. The van der Waals surface area contributed by atoms with E-state index in [1.54, 1.807) is 0 Å². The first kappa shape index (κ1) is 21.9. The lowest BCUT2D eigenvalue weighted by molar-refractivity contribution is 0.165. The summed E-state index contributed by atoms with van der Waals surface area (Å²) in [5.74, 6) is 3.37. The number of rotatable bonds is 8. The Balaban J connectivity index is 1.52. The van der Waals surface area contributed by atoms with Crippen LogP contribution in [0.15, 0.2) is 30.5 Å². The van der Waals surface area contributed by atoms with Crippen LogP contribution in [0.1, 0.15) is 52.9 Å². The van der Waals surface area contributed by atoms with Gasteiger partial charge in [-0.05, 0) is 69.6 Å². The van der Waals surface area contributed by atoms with Crippen molar-refractivity contribution in [2.24, 2.45) is 11.8 Å². The molecule has 1 saturated heterocycles. The van der Waals surface area contributed by atoms with Crippen molar-refractivity contribution in [1.29, 1.82) is 0 Å². The summed E-state index contributed by atoms with van der Waals surface area (Å²) >= 11 is 0. The molecule has 1 saturated carbocycles. The SMILES string of the molecule is CC(C)Oc1ccc(-c2cnc(N[C@H]3CC[C@H](C)CC3)nc2OCC2CCOC2)cc1. The summed E-state index contributed by atoms with van der Waals surface area (Å²) in [5, 5.41) is 3.53. The van der Waals surface area contributed by atoms with Gasteiger partial charge in [-0.3, -0.25) is 0 Å². The molecule has 168 valence electrons. The molecule has 6 nitrogen and oxygen atoms in total. The largest absolute Gasteiger partial charge is 0.491 e. The van der Waals surface area contributed by atoms with Gasteiger partial charge in [-0.25, -0.2) is 4.98 Å². The second kappa shape index (κ2) is 10.3. The molecule has 1 N–H and O–H groups in total. The van der Waals surface area contributed by atoms with Gasteiger partial charge >= 0.3 is 0 Å². The van der Waals surface area contributed by atoms with Crippen LogP contribution in [0, 0.1) is 11.8 Å². The number of nitrogens with zero attached hydrogens (tertiary/aromatic N) is 2. The van der Waals surface area contributed by atoms with Crippen LogP contribution in [0.3, 0.4) is 0 Å². The summed E-state index contributed by atoms with van der Waals surface area (Å²) in [7, 11) is 0. The Labute approximate surface area is 185 Å². The molecule has 1 aliphatic heterocycles. The molecule has 2 aliphatic rings. The molecule has 1 atom stereocenters. The van der Waals surface area contributed by atoms with Gasteiger partial charge in [-0.1, -0.05) is 19.1 Å². The molecular weight excluding hydrogens is 390 g/mol. The Morgan fingerprint density at radius 1 is 1.10 bits per heavy atom. The summed E-state index contributed by atoms with van der Waals surface area (Å²) < 4.78 is 17.5. The van der Waals surface area contributed by atoms with Gasteiger partial charge < -0.3 is 19.5 Å². The summed E-state index contributed by atoms with van der Waals surface area (Å²) in [6.07, 6.45) is 7.90. The highest BCUT2D eigenvalue weighted by molar-refractivity contribution is 5.69. The predicted octanol–water partition coefficient (Wildman–Crippen LogP) is 5.34. The Morgan fingerprint density at radius 3 is 2.55 bits per heavy atom. The monoisotopic (exact) mass is 425 g/mol. The van der Waals surface area contributed by atoms with Gasteiger partial charge in [0.25, 0.3) is 0 Å². The molecule has 2 heterocycles. The van der Waals surface area contributed by atoms with Crippen LogP contribution in [-0.4, -0.2) is 41.9 Å². The first-order valence-electron chi connectivity index (χ1n) is 11.7. The number of aromatic nitrogens is 2. The van der Waals surface area contributed by atoms with E-state index in [1.165, 1.54) is 25.7 Å². The highest BCUT2D eigenvalue weighted by Gasteiger charge is 2.21. The molecule has 0 spiro atoms. The van der Waals surface area contributed by atoms with Gasteiger partial charge in [-0.2, -0.15) is 4.98 Å². The van der Waals surface area contributed by atoms with E-state index >= 15 is 0 Å². The van der Waals surface area contributed by atoms with Gasteiger partial charge in [-0.15, -0.1) is 0 Å². The van der Waals surface area contributed by atoms with E-state index in [9.17, 15) is 0 Å². The lowest BCUT2D eigenvalue weighted by Crippen LogP contribution is -2.26. The van der Waals surface area contributed by atoms with Crippen molar-refractivity contribution in [3.63, 3.8) is 0 Å². The highest BCUT2D eigenvalue weighted by Crippen LogP contribution is 2.32. The van der Waals surface area contributed by atoms with Crippen molar-refractivity contribution in [1.82, 2.24) is 9.97 Å². The molecule has 31 heavy (non-hydrogen) atoms. The van der Waals surface area contributed by atoms with E-state index in [0.717, 1.165) is 42.4 Å². The average molecular weight is 426 g/mol. The molecule has 1 aromatic heterocycles. The van der Waals surface area contributed by atoms with Crippen molar-refractivity contribution in [2.45, 2.75) is 65.0 Å². The fraction of sp³-hybridized carbons (Fsp3) is 0.600. The van der Waals surface area contributed by atoms with Crippen LogP contribution in [0.2, 0.25) is 0 Å². The Hall–Kier alpha value is -2.34. The van der Waals surface area contributed by atoms with Crippen LogP contribution < -0.4 is 14.8 Å². The molecule has 6 heteroatoms. The number of ether oxygens (including phenoxy) is 3. The summed E-state index contributed by atoms with van der Waals surface area (Å²) in [4.78, 5) is 9.40. The van der Waals surface area contributed by atoms with E-state index in [2.05, 4.69) is 17.2 Å². The first-order valence-corrected chi connectivity index (χ1v) is 11.7. The fourth-order valence-corrected chi connectivity index (χ4v) is 4.23. The zero-order valence-corrected chi connectivity index (χ0v) is 19.0. The van der Waals surface area contributed by atoms with Crippen molar-refractivity contribution in [2.75, 3.05) is 25.1 Å². The van der Waals surface area contributed by atoms with Crippen LogP contribution in [0.4, 0.5) is 5.95 Å². The predicted molar refractivity (Wildman–Crippen MR) is 123 cm³/mol. The number of hydrogen-bond donors (Lipinski definition) is 1. The standard InChI is InChI=1S/C25H35N3O3/c1-17(2)31-22-10-6-20(7-11-22)23-14-26-25(27-21-8-4-18(3)5-9-21)28-24(23)30-16-19-12-13-29-15-19/h6-7,10-11,14,17-19,21H,4-5,8-9,12-13,15-16H2,1-3H3,(H,26,27,28)/t18-,19?,21-. The maximum Gasteiger partial charge on any atom is 0.226 e. The second-order valence-corrected chi connectivity index (χ2v) is 9.25. The molecule has 0 amide bonds. The van der Waals surface area contributed by atoms with Crippen LogP contribution in [0.5, 0.6) is 11.6 Å². The van der Waals surface area contributed by atoms with Crippen molar-refractivity contribution in [3.8, 4) is 22.8 Å². The Bertz CT molecular complexity index is 826. The van der Waals surface area contributed by atoms with Gasteiger partial charge in [0, 0.05) is 24.8 Å². The third kappa shape index (κ3) is 6.10. The average Bonchev–Trinajstić information content (AvgIpc) is 3.28. The van der Waals surface area contributed by atoms with Crippen molar-refractivity contribution in [3.05, 3.63) is 30.5 Å². The van der Waals surface area contributed by atoms with Gasteiger partial charge in [0.15, 0.2) is 0 Å². The second-order valence-electron chi connectivity index (χ2n) is 9.25. The Kier molecular flexibility index (Phi) is 7.28. The lowest BCUT2D eigenvalue weighted by Gasteiger charge is -2.27. The minimum absolute atomic E-state index is 0.148. The third-order valence-corrected chi connectivity index (χ3v) is 6.12. The van der Waals surface area contributed by atoms with E-state index < -0.39 is 0 Å². The Morgan fingerprint density at radius 2 is 1.87 bits per heavy atom. The summed E-state index contributed by atoms with van der Waals surface area (Å²) in [6, 6.07) is 8.49. The molecule has 2 fully saturated rings. The molecule has 0 bridgehead atoms. The number of hydrogen-bond acceptors (Lipinski definition) is 6. The molecule has 4 rings (SSSR count). The summed E-state index contributed by atoms with van der Waals surface area (Å²) in [6.45, 7) is 8.57. The van der Waals surface area contributed by atoms with E-state index in [-0.39, 0.29) is 6.10 Å². The zero-order chi connectivity index (χ0) is 21.6. The van der Waals surface area contributed by atoms with Crippen LogP contribution in [-0.2, 0) is 4.74 Å². The van der Waals surface area contributed by atoms with Crippen LogP contribution in [0.25, 0.3) is 11.1 Å². The quantitative estimate of drug-likeness (QED) is 0.616. The maximum absolute atomic E-state index is 6.21. The summed E-state index contributed by atoms with van der Waals surface area (Å²) in [5.41, 5.74) is 1.92. The topological polar surface area (TPSA) is 65.5 Å². The van der Waals surface area contributed by atoms with Gasteiger partial charge in [0.1, 0.15) is 5.75 Å². The first-order chi connectivity index (χ1) is 15.1. The molecule has 1 aromatic carbocycles. The normalized spacial score (nSPS) is 23.7. The number of nitrogens with one attached hydrogen (secondary N) is 1. The molecule has 1 aliphatic carbocycles. The molecule has 0 radical (unpaired) electrons. The van der Waals surface area contributed by atoms with E-state index in [1.807, 2.05) is 44.3 Å². The maximum atomic E-state index is 6.21. The number of anilines is 1. The minimum atomic E-state index is 0.148. The lowest BCUT2D eigenvalue weighted by atomic mass is 9.87. The van der Waals surface area contributed by atoms with Crippen molar-refractivity contribution < 1.29 is 14.2 Å². The molecular formula is C25H35N3O3. The smallest absolute Gasteiger partial charge is 0.226 e. The van der Waals surface area contributed by atoms with Crippen LogP contribution >= 0.6 is 0 Å². The highest BCUT2D eigenvalue weighted by atomic mass is 16.5. The van der Waals surface area contributed by atoms with Gasteiger partial charge in [0.05, 0.1) is 24.9 Å². The molecule has 2 aromatic rings. The minimum Gasteiger partial charge on any atom is -0.491 e. The van der Waals surface area contributed by atoms with Gasteiger partial charge in [0.2, 0.25) is 11.8 Å². The van der Waals surface area contributed by atoms with E-state index in [0.29, 0.717) is 30.4 Å². The third-order valence-electron chi connectivity index (χ3n) is 6.12. The fourth-order valence-electron chi connectivity index (χ4n) is 4.23. The zero-order valence-electron chi connectivity index (χ0n) is 19.0. The van der Waals surface area contributed by atoms with Crippen molar-refractivity contribution >= 4 is 5.95 Å².